The van der Waals surface area contributed by atoms with Crippen molar-refractivity contribution in [1.82, 2.24) is 39.0 Å². The monoisotopic (exact) mass is 976 g/mol. The highest BCUT2D eigenvalue weighted by Crippen LogP contribution is 2.26. The molecule has 2 aromatic carbocycles. The maximum atomic E-state index is 12.2. The fourth-order valence-corrected chi connectivity index (χ4v) is 6.74. The Kier molecular flexibility index (Phi) is 17.5. The topological polar surface area (TPSA) is 502 Å². The molecule has 0 aliphatic carbocycles. The number of aliphatic hydroxyl groups is 8. The van der Waals surface area contributed by atoms with Crippen LogP contribution in [0.4, 0.5) is 0 Å². The van der Waals surface area contributed by atoms with E-state index in [4.69, 9.17) is 30.8 Å². The predicted octanol–water partition coefficient (Wildman–Crippen LogP) is -6.61. The second kappa shape index (κ2) is 21.8. The highest BCUT2D eigenvalue weighted by molar-refractivity contribution is 7.83. The summed E-state index contributed by atoms with van der Waals surface area (Å²) in [5, 5.41) is 77.8. The van der Waals surface area contributed by atoms with Gasteiger partial charge in [-0.05, 0) is 60.4 Å². The van der Waals surface area contributed by atoms with Gasteiger partial charge in [-0.15, -0.1) is 0 Å². The molecular formula is C34H44N10O20S2. The molecule has 0 fully saturated rings. The molecule has 0 unspecified atom stereocenters. The highest BCUT2D eigenvalue weighted by Gasteiger charge is 2.29. The third kappa shape index (κ3) is 13.0. The van der Waals surface area contributed by atoms with Crippen molar-refractivity contribution in [2.24, 2.45) is 11.5 Å². The first-order valence-electron chi connectivity index (χ1n) is 18.6. The molecule has 4 heterocycles. The molecule has 6 atom stereocenters. The van der Waals surface area contributed by atoms with Gasteiger partial charge in [-0.1, -0.05) is 8.67 Å². The standard InChI is InChI=1S/2C17H21N5O6.H2O8S2/c2*1-7-2-9-10(3-8(7)4-18)22(5-11(24)14(26)12(25)6-23)15-13(19-9)16(27)21-17(28)20-15;1-9(2,3)7-8-10(4,5)6/h2*2-3,11-12,14,23-26H,4-6,18H2,1H3,(H,21,27,28);(H,1,2,3)(H,4,5,6)/t2*11-,12+,14-;/m11./s1. The lowest BCUT2D eigenvalue weighted by Crippen LogP contribution is -2.42. The summed E-state index contributed by atoms with van der Waals surface area (Å²) in [6, 6.07) is 6.82. The van der Waals surface area contributed by atoms with Crippen molar-refractivity contribution in [1.29, 1.82) is 0 Å². The van der Waals surface area contributed by atoms with Gasteiger partial charge < -0.3 is 61.5 Å². The van der Waals surface area contributed by atoms with Crippen molar-refractivity contribution in [3.63, 3.8) is 0 Å². The van der Waals surface area contributed by atoms with E-state index >= 15 is 0 Å². The van der Waals surface area contributed by atoms with Crippen LogP contribution in [0.15, 0.2) is 43.4 Å². The summed E-state index contributed by atoms with van der Waals surface area (Å²) in [6.07, 6.45) is -9.51. The van der Waals surface area contributed by atoms with Gasteiger partial charge in [-0.25, -0.2) is 19.6 Å². The van der Waals surface area contributed by atoms with Gasteiger partial charge in [0.25, 0.3) is 11.1 Å². The number of aromatic amines is 2. The summed E-state index contributed by atoms with van der Waals surface area (Å²) in [7, 11) is -10.0. The molecule has 0 saturated heterocycles. The van der Waals surface area contributed by atoms with Gasteiger partial charge in [0.2, 0.25) is 0 Å². The zero-order valence-electron chi connectivity index (χ0n) is 34.2. The Morgan fingerprint density at radius 3 is 1.21 bits per heavy atom. The van der Waals surface area contributed by atoms with Crippen molar-refractivity contribution >= 4 is 42.9 Å². The van der Waals surface area contributed by atoms with Gasteiger partial charge in [-0.3, -0.25) is 28.7 Å². The summed E-state index contributed by atoms with van der Waals surface area (Å²) in [6.45, 7) is 1.97. The maximum Gasteiger partial charge on any atom is 0.425 e. The summed E-state index contributed by atoms with van der Waals surface area (Å²) < 4.78 is 61.6. The van der Waals surface area contributed by atoms with Crippen LogP contribution in [-0.2, 0) is 55.6 Å². The lowest BCUT2D eigenvalue weighted by atomic mass is 10.1. The van der Waals surface area contributed by atoms with Gasteiger partial charge in [0.05, 0.1) is 48.4 Å². The van der Waals surface area contributed by atoms with Crippen LogP contribution >= 0.6 is 0 Å². The number of nitrogens with zero attached hydrogens (tertiary/aromatic N) is 6. The minimum absolute atomic E-state index is 0.0854. The van der Waals surface area contributed by atoms with E-state index in [0.29, 0.717) is 22.1 Å². The molecule has 0 amide bonds. The first-order valence-corrected chi connectivity index (χ1v) is 21.4. The fraction of sp³-hybridized carbons (Fsp3) is 0.412. The lowest BCUT2D eigenvalue weighted by Gasteiger charge is -2.25. The molecule has 16 N–H and O–H groups in total. The van der Waals surface area contributed by atoms with Crippen molar-refractivity contribution in [3.8, 4) is 23.0 Å². The fourth-order valence-electron chi connectivity index (χ4n) is 6.18. The minimum atomic E-state index is -5.02. The van der Waals surface area contributed by atoms with Gasteiger partial charge >= 0.3 is 32.2 Å². The number of aryl methyl sites for hydroxylation is 2. The molecule has 0 radical (unpaired) electrons. The first-order chi connectivity index (χ1) is 30.7. The third-order valence-electron chi connectivity index (χ3n) is 9.46. The second-order valence-electron chi connectivity index (χ2n) is 14.1. The normalized spacial score (nSPS) is 14.8. The maximum absolute atomic E-state index is 12.2. The van der Waals surface area contributed by atoms with Gasteiger partial charge in [0.15, 0.2) is 23.0 Å². The smallest absolute Gasteiger partial charge is 0.394 e. The molecule has 0 aromatic heterocycles. The third-order valence-corrected chi connectivity index (χ3v) is 10.0. The Balaban J connectivity index is 0.000000240. The molecule has 2 aromatic rings. The number of fused-ring (bicyclic) bond motifs is 4. The Morgan fingerprint density at radius 2 is 0.924 bits per heavy atom. The van der Waals surface area contributed by atoms with Crippen molar-refractivity contribution in [2.45, 2.75) is 76.7 Å². The molecule has 362 valence electrons. The molecular weight excluding hydrogens is 933 g/mol. The molecule has 0 saturated carbocycles. The quantitative estimate of drug-likeness (QED) is 0.0197. The number of aromatic nitrogens is 8. The first kappa shape index (κ1) is 53.0. The number of nitrogens with two attached hydrogens (primary N) is 2. The van der Waals surface area contributed by atoms with Crippen LogP contribution in [0.3, 0.4) is 0 Å². The SMILES string of the molecule is Cc1cc2nc3c(=O)[nH]c(=O)nc-3n(C[C@@H](O)[C@@H](O)[C@@H](O)CO)c2cc1CN.Cc1cc2nc3c(=O)[nH]c(=O)nc-3n(C[C@@H](O)[C@@H](O)[C@@H](O)CO)c2cc1CN.O=S(=O)(O)OOS(=O)(=O)O. The van der Waals surface area contributed by atoms with E-state index in [1.54, 1.807) is 24.3 Å². The number of rotatable bonds is 15. The lowest BCUT2D eigenvalue weighted by molar-refractivity contribution is -0.105. The minimum Gasteiger partial charge on any atom is -0.394 e. The van der Waals surface area contributed by atoms with E-state index < -0.39 is 93.1 Å². The summed E-state index contributed by atoms with van der Waals surface area (Å²) >= 11 is 0. The molecule has 30 nitrogen and oxygen atoms in total. The molecule has 4 aliphatic rings. The van der Waals surface area contributed by atoms with Gasteiger partial charge in [-0.2, -0.15) is 26.8 Å². The van der Waals surface area contributed by atoms with Crippen LogP contribution in [0.25, 0.3) is 45.1 Å². The van der Waals surface area contributed by atoms with Crippen LogP contribution in [0.1, 0.15) is 22.3 Å². The van der Waals surface area contributed by atoms with Crippen molar-refractivity contribution in [2.75, 3.05) is 13.2 Å². The average Bonchev–Trinajstić information content (AvgIpc) is 3.24. The molecule has 4 aliphatic heterocycles. The molecule has 32 heteroatoms. The highest BCUT2D eigenvalue weighted by atomic mass is 32.3. The molecule has 0 spiro atoms. The average molecular weight is 977 g/mol. The van der Waals surface area contributed by atoms with Crippen LogP contribution in [0.2, 0.25) is 0 Å². The van der Waals surface area contributed by atoms with E-state index in [0.717, 1.165) is 22.3 Å². The number of benzene rings is 2. The summed E-state index contributed by atoms with van der Waals surface area (Å²) in [4.78, 5) is 68.1. The van der Waals surface area contributed by atoms with Gasteiger partial charge in [0, 0.05) is 13.1 Å². The van der Waals surface area contributed by atoms with Crippen LogP contribution < -0.4 is 34.0 Å². The largest absolute Gasteiger partial charge is 0.425 e. The molecule has 6 rings (SSSR count). The Labute approximate surface area is 369 Å². The zero-order valence-corrected chi connectivity index (χ0v) is 35.9. The second-order valence-corrected chi connectivity index (χ2v) is 16.1. The number of nitrogens with one attached hydrogen (secondary N) is 2. The zero-order chi connectivity index (χ0) is 49.6. The molecule has 66 heavy (non-hydrogen) atoms. The van der Waals surface area contributed by atoms with E-state index in [9.17, 15) is 66.7 Å². The van der Waals surface area contributed by atoms with Gasteiger partial charge in [0.1, 0.15) is 36.6 Å². The van der Waals surface area contributed by atoms with Crippen molar-refractivity contribution in [3.05, 3.63) is 88.2 Å². The summed E-state index contributed by atoms with van der Waals surface area (Å²) in [5.41, 5.74) is 12.9. The predicted molar refractivity (Wildman–Crippen MR) is 223 cm³/mol. The van der Waals surface area contributed by atoms with E-state index in [1.807, 2.05) is 23.8 Å². The van der Waals surface area contributed by atoms with Crippen molar-refractivity contribution < 1.29 is 75.5 Å². The van der Waals surface area contributed by atoms with E-state index in [2.05, 4.69) is 28.6 Å². The molecule has 0 bridgehead atoms. The Morgan fingerprint density at radius 1 is 0.591 bits per heavy atom. The number of aliphatic hydroxyl groups excluding tert-OH is 8. The Bertz CT molecular complexity index is 2880. The van der Waals surface area contributed by atoms with Crippen LogP contribution in [0.5, 0.6) is 0 Å². The number of hydrogen-bond acceptors (Lipinski definition) is 24. The van der Waals surface area contributed by atoms with E-state index in [-0.39, 0.29) is 49.2 Å². The Hall–Kier alpha value is -5.66. The van der Waals surface area contributed by atoms with Crippen LogP contribution in [-0.4, -0.2) is 156 Å². The van der Waals surface area contributed by atoms with Crippen LogP contribution in [0, 0.1) is 13.8 Å². The van der Waals surface area contributed by atoms with E-state index in [1.165, 1.54) is 9.13 Å². The number of H-pyrrole nitrogens is 2. The number of hydrogen-bond donors (Lipinski definition) is 14. The summed E-state index contributed by atoms with van der Waals surface area (Å²) in [5.74, 6) is -0.171.